The summed E-state index contributed by atoms with van der Waals surface area (Å²) in [5.74, 6) is -3.67. The number of amides is 1. The molecular formula is C15H21F6NO2. The second kappa shape index (κ2) is 5.51. The first-order valence-corrected chi connectivity index (χ1v) is 7.70. The number of likely N-dealkylation sites (tertiary alicyclic amines) is 1. The van der Waals surface area contributed by atoms with Crippen LogP contribution in [0.4, 0.5) is 26.3 Å². The molecule has 1 unspecified atom stereocenters. The van der Waals surface area contributed by atoms with E-state index in [2.05, 4.69) is 0 Å². The van der Waals surface area contributed by atoms with E-state index in [1.165, 1.54) is 0 Å². The second-order valence-electron chi connectivity index (χ2n) is 7.62. The zero-order valence-corrected chi connectivity index (χ0v) is 13.9. The van der Waals surface area contributed by atoms with Crippen LogP contribution in [0.5, 0.6) is 0 Å². The van der Waals surface area contributed by atoms with Crippen molar-refractivity contribution in [1.29, 1.82) is 0 Å². The maximum Gasteiger partial charge on any atom is 0.403 e. The van der Waals surface area contributed by atoms with Gasteiger partial charge in [-0.2, -0.15) is 26.3 Å². The number of hydrogen-bond acceptors (Lipinski definition) is 2. The van der Waals surface area contributed by atoms with E-state index in [1.54, 1.807) is 27.7 Å². The number of hydrogen-bond donors (Lipinski definition) is 0. The molecule has 24 heavy (non-hydrogen) atoms. The van der Waals surface area contributed by atoms with Crippen molar-refractivity contribution in [3.63, 3.8) is 0 Å². The van der Waals surface area contributed by atoms with Crippen LogP contribution in [-0.4, -0.2) is 48.0 Å². The van der Waals surface area contributed by atoms with Crippen LogP contribution in [0.15, 0.2) is 0 Å². The summed E-state index contributed by atoms with van der Waals surface area (Å²) < 4.78 is 83.5. The van der Waals surface area contributed by atoms with Crippen molar-refractivity contribution in [2.45, 2.75) is 58.2 Å². The van der Waals surface area contributed by atoms with Gasteiger partial charge in [0.25, 0.3) is 0 Å². The SMILES string of the molecule is CC(CC(=O)N1C[C@@H]2[C@H](C1)C2(C(F)(F)F)C(F)(F)F)OC(C)(C)C. The van der Waals surface area contributed by atoms with Crippen molar-refractivity contribution in [2.75, 3.05) is 13.1 Å². The van der Waals surface area contributed by atoms with Crippen molar-refractivity contribution in [3.8, 4) is 0 Å². The maximum atomic E-state index is 13.0. The van der Waals surface area contributed by atoms with E-state index in [4.69, 9.17) is 4.74 Å². The van der Waals surface area contributed by atoms with E-state index in [0.29, 0.717) is 0 Å². The average Bonchev–Trinajstić information content (AvgIpc) is 2.75. The van der Waals surface area contributed by atoms with Gasteiger partial charge in [-0.1, -0.05) is 0 Å². The summed E-state index contributed by atoms with van der Waals surface area (Å²) in [6.07, 6.45) is -11.2. The number of nitrogens with zero attached hydrogens (tertiary/aromatic N) is 1. The zero-order chi connectivity index (χ0) is 18.7. The molecule has 0 spiro atoms. The van der Waals surface area contributed by atoms with E-state index >= 15 is 0 Å². The van der Waals surface area contributed by atoms with Gasteiger partial charge in [0.15, 0.2) is 5.41 Å². The maximum absolute atomic E-state index is 13.0. The Kier molecular flexibility index (Phi) is 4.44. The molecule has 1 heterocycles. The van der Waals surface area contributed by atoms with E-state index < -0.39 is 60.3 Å². The first kappa shape index (κ1) is 19.3. The molecule has 1 amide bonds. The number of carbonyl (C=O) groups is 1. The normalized spacial score (nSPS) is 27.8. The minimum atomic E-state index is -5.35. The van der Waals surface area contributed by atoms with Gasteiger partial charge in [0, 0.05) is 24.9 Å². The minimum Gasteiger partial charge on any atom is -0.372 e. The third-order valence-corrected chi connectivity index (χ3v) is 4.69. The van der Waals surface area contributed by atoms with Crippen LogP contribution in [0.2, 0.25) is 0 Å². The largest absolute Gasteiger partial charge is 0.403 e. The Balaban J connectivity index is 1.99. The smallest absolute Gasteiger partial charge is 0.372 e. The molecule has 0 aromatic carbocycles. The fourth-order valence-corrected chi connectivity index (χ4v) is 3.86. The molecule has 0 radical (unpaired) electrons. The third-order valence-electron chi connectivity index (χ3n) is 4.69. The summed E-state index contributed by atoms with van der Waals surface area (Å²) in [6.45, 7) is 6.01. The van der Waals surface area contributed by atoms with Crippen molar-refractivity contribution in [1.82, 2.24) is 4.90 Å². The molecule has 1 aliphatic heterocycles. The fraction of sp³-hybridized carbons (Fsp3) is 0.933. The Morgan fingerprint density at radius 3 is 1.83 bits per heavy atom. The van der Waals surface area contributed by atoms with Crippen LogP contribution in [0, 0.1) is 17.3 Å². The Hall–Kier alpha value is -0.990. The quantitative estimate of drug-likeness (QED) is 0.716. The molecule has 2 fully saturated rings. The highest BCUT2D eigenvalue weighted by Crippen LogP contribution is 2.76. The molecule has 140 valence electrons. The summed E-state index contributed by atoms with van der Waals surface area (Å²) in [5.41, 5.74) is -4.14. The lowest BCUT2D eigenvalue weighted by Gasteiger charge is -2.31. The van der Waals surface area contributed by atoms with Crippen molar-refractivity contribution in [3.05, 3.63) is 0 Å². The number of piperidine rings is 1. The van der Waals surface area contributed by atoms with Gasteiger partial charge in [-0.25, -0.2) is 0 Å². The summed E-state index contributed by atoms with van der Waals surface area (Å²) in [5, 5.41) is 0. The standard InChI is InChI=1S/C15H21F6NO2/c1-8(24-12(2,3)4)5-11(23)22-6-9-10(7-22)13(9,14(16,17)18)15(19,20)21/h8-10H,5-7H2,1-4H3/t8?,9-,10+. The molecule has 1 saturated carbocycles. The molecule has 0 bridgehead atoms. The monoisotopic (exact) mass is 361 g/mol. The van der Waals surface area contributed by atoms with Gasteiger partial charge in [-0.3, -0.25) is 4.79 Å². The van der Waals surface area contributed by atoms with Gasteiger partial charge in [0.05, 0.1) is 18.1 Å². The van der Waals surface area contributed by atoms with Crippen LogP contribution in [0.25, 0.3) is 0 Å². The van der Waals surface area contributed by atoms with Gasteiger partial charge in [-0.15, -0.1) is 0 Å². The Morgan fingerprint density at radius 2 is 1.50 bits per heavy atom. The molecule has 0 aromatic rings. The molecule has 3 nitrogen and oxygen atoms in total. The van der Waals surface area contributed by atoms with Crippen LogP contribution >= 0.6 is 0 Å². The fourth-order valence-electron chi connectivity index (χ4n) is 3.86. The molecular weight excluding hydrogens is 340 g/mol. The van der Waals surface area contributed by atoms with Gasteiger partial charge in [0.1, 0.15) is 0 Å². The number of carbonyl (C=O) groups excluding carboxylic acids is 1. The lowest BCUT2D eigenvalue weighted by Crippen LogP contribution is -2.47. The predicted octanol–water partition coefficient (Wildman–Crippen LogP) is 3.78. The molecule has 0 aromatic heterocycles. The average molecular weight is 361 g/mol. The second-order valence-corrected chi connectivity index (χ2v) is 7.62. The van der Waals surface area contributed by atoms with Crippen molar-refractivity contribution in [2.24, 2.45) is 17.3 Å². The third kappa shape index (κ3) is 3.11. The van der Waals surface area contributed by atoms with Crippen LogP contribution < -0.4 is 0 Å². The predicted molar refractivity (Wildman–Crippen MR) is 73.0 cm³/mol. The highest BCUT2D eigenvalue weighted by atomic mass is 19.4. The number of rotatable bonds is 3. The number of halogens is 6. The van der Waals surface area contributed by atoms with Gasteiger partial charge >= 0.3 is 12.4 Å². The molecule has 2 aliphatic rings. The van der Waals surface area contributed by atoms with E-state index in [-0.39, 0.29) is 6.42 Å². The first-order valence-electron chi connectivity index (χ1n) is 7.70. The molecule has 9 heteroatoms. The molecule has 1 saturated heterocycles. The number of alkyl halides is 6. The number of ether oxygens (including phenoxy) is 1. The molecule has 1 aliphatic carbocycles. The molecule has 2 rings (SSSR count). The van der Waals surface area contributed by atoms with Gasteiger partial charge in [0.2, 0.25) is 5.91 Å². The van der Waals surface area contributed by atoms with E-state index in [1.807, 2.05) is 0 Å². The lowest BCUT2D eigenvalue weighted by atomic mass is 9.98. The van der Waals surface area contributed by atoms with Gasteiger partial charge in [-0.05, 0) is 27.7 Å². The Morgan fingerprint density at radius 1 is 1.08 bits per heavy atom. The van der Waals surface area contributed by atoms with E-state index in [0.717, 1.165) is 4.90 Å². The first-order chi connectivity index (χ1) is 10.6. The summed E-state index contributed by atoms with van der Waals surface area (Å²) in [6, 6.07) is 0. The van der Waals surface area contributed by atoms with Crippen molar-refractivity contribution >= 4 is 5.91 Å². The van der Waals surface area contributed by atoms with E-state index in [9.17, 15) is 31.1 Å². The number of fused-ring (bicyclic) bond motifs is 1. The van der Waals surface area contributed by atoms with Crippen molar-refractivity contribution < 1.29 is 35.9 Å². The topological polar surface area (TPSA) is 29.5 Å². The Bertz CT molecular complexity index is 480. The highest BCUT2D eigenvalue weighted by Gasteiger charge is 2.90. The lowest BCUT2D eigenvalue weighted by molar-refractivity contribution is -0.313. The minimum absolute atomic E-state index is 0.0677. The molecule has 0 N–H and O–H groups in total. The van der Waals surface area contributed by atoms with Crippen LogP contribution in [-0.2, 0) is 9.53 Å². The zero-order valence-electron chi connectivity index (χ0n) is 13.9. The van der Waals surface area contributed by atoms with Gasteiger partial charge < -0.3 is 9.64 Å². The van der Waals surface area contributed by atoms with Crippen LogP contribution in [0.3, 0.4) is 0 Å². The summed E-state index contributed by atoms with van der Waals surface area (Å²) in [7, 11) is 0. The summed E-state index contributed by atoms with van der Waals surface area (Å²) >= 11 is 0. The van der Waals surface area contributed by atoms with Crippen LogP contribution in [0.1, 0.15) is 34.1 Å². The summed E-state index contributed by atoms with van der Waals surface area (Å²) in [4.78, 5) is 13.2. The molecule has 3 atom stereocenters. The Labute approximate surface area is 136 Å². The highest BCUT2D eigenvalue weighted by molar-refractivity contribution is 5.77.